The second-order valence-corrected chi connectivity index (χ2v) is 7.41. The zero-order valence-electron chi connectivity index (χ0n) is 17.0. The molecule has 1 aromatic carbocycles. The van der Waals surface area contributed by atoms with Gasteiger partial charge in [-0.05, 0) is 56.6 Å². The molecule has 2 heterocycles. The van der Waals surface area contributed by atoms with Crippen LogP contribution in [0.5, 0.6) is 5.75 Å². The number of benzene rings is 1. The number of carbonyl (C=O) groups excluding carboxylic acids is 1. The summed E-state index contributed by atoms with van der Waals surface area (Å²) >= 11 is 0. The molecule has 1 fully saturated rings. The quantitative estimate of drug-likeness (QED) is 0.691. The molecule has 1 saturated heterocycles. The molecule has 1 aromatic heterocycles. The molecule has 0 spiro atoms. The Morgan fingerprint density at radius 2 is 2.17 bits per heavy atom. The van der Waals surface area contributed by atoms with Gasteiger partial charge in [-0.1, -0.05) is 31.9 Å². The number of nitrogens with one attached hydrogen (secondary N) is 1. The number of hydrogen-bond donors (Lipinski definition) is 1. The number of hydrogen-bond acceptors (Lipinski definition) is 5. The number of rotatable bonds is 9. The van der Waals surface area contributed by atoms with Crippen molar-refractivity contribution in [3.8, 4) is 11.8 Å². The maximum atomic E-state index is 12.5. The summed E-state index contributed by atoms with van der Waals surface area (Å²) in [4.78, 5) is 15.0. The lowest BCUT2D eigenvalue weighted by Gasteiger charge is -2.35. The smallest absolute Gasteiger partial charge is 0.287 e. The normalized spacial score (nSPS) is 16.9. The summed E-state index contributed by atoms with van der Waals surface area (Å²) in [5, 5.41) is 12.1. The predicted molar refractivity (Wildman–Crippen MR) is 111 cm³/mol. The zero-order chi connectivity index (χ0) is 20.5. The van der Waals surface area contributed by atoms with Crippen LogP contribution in [0.3, 0.4) is 0 Å². The highest BCUT2D eigenvalue weighted by molar-refractivity contribution is 5.91. The number of piperidine rings is 1. The molecule has 1 aliphatic rings. The lowest BCUT2D eigenvalue weighted by molar-refractivity contribution is 0.0882. The van der Waals surface area contributed by atoms with E-state index in [1.54, 1.807) is 30.3 Å². The van der Waals surface area contributed by atoms with E-state index in [9.17, 15) is 4.79 Å². The van der Waals surface area contributed by atoms with E-state index in [4.69, 9.17) is 14.4 Å². The van der Waals surface area contributed by atoms with Gasteiger partial charge in [0.15, 0.2) is 5.76 Å². The second-order valence-electron chi connectivity index (χ2n) is 7.41. The van der Waals surface area contributed by atoms with Gasteiger partial charge in [-0.25, -0.2) is 0 Å². The first-order chi connectivity index (χ1) is 14.2. The minimum absolute atomic E-state index is 0.166. The van der Waals surface area contributed by atoms with Gasteiger partial charge >= 0.3 is 0 Å². The third-order valence-corrected chi connectivity index (χ3v) is 5.31. The van der Waals surface area contributed by atoms with Gasteiger partial charge in [0.2, 0.25) is 0 Å². The van der Waals surface area contributed by atoms with Crippen molar-refractivity contribution in [1.82, 2.24) is 10.2 Å². The molecule has 1 N–H and O–H groups in total. The summed E-state index contributed by atoms with van der Waals surface area (Å²) in [7, 11) is 0. The second kappa shape index (κ2) is 10.7. The first-order valence-electron chi connectivity index (χ1n) is 10.4. The monoisotopic (exact) mass is 395 g/mol. The van der Waals surface area contributed by atoms with Crippen LogP contribution in [0.15, 0.2) is 40.8 Å². The first kappa shape index (κ1) is 20.9. The van der Waals surface area contributed by atoms with Crippen LogP contribution in [-0.2, 0) is 6.61 Å². The topological polar surface area (TPSA) is 78.5 Å². The molecule has 0 aliphatic carbocycles. The van der Waals surface area contributed by atoms with E-state index in [2.05, 4.69) is 23.2 Å². The number of nitriles is 1. The number of likely N-dealkylation sites (tertiary alicyclic amines) is 1. The Balaban J connectivity index is 1.50. The molecular formula is C23H29N3O3. The average Bonchev–Trinajstić information content (AvgIpc) is 3.24. The van der Waals surface area contributed by atoms with E-state index < -0.39 is 0 Å². The molecule has 0 radical (unpaired) electrons. The van der Waals surface area contributed by atoms with E-state index >= 15 is 0 Å². The summed E-state index contributed by atoms with van der Waals surface area (Å²) in [6.45, 7) is 5.23. The average molecular weight is 396 g/mol. The molecule has 154 valence electrons. The van der Waals surface area contributed by atoms with Gasteiger partial charge in [-0.15, -0.1) is 0 Å². The van der Waals surface area contributed by atoms with Crippen LogP contribution in [0.4, 0.5) is 0 Å². The van der Waals surface area contributed by atoms with Crippen molar-refractivity contribution >= 4 is 5.91 Å². The Labute approximate surface area is 172 Å². The SMILES string of the molecule is CCCCN1CCCCC1CNC(=O)c1ccc(COc2ccccc2C#N)o1. The summed E-state index contributed by atoms with van der Waals surface area (Å²) < 4.78 is 11.3. The van der Waals surface area contributed by atoms with Gasteiger partial charge in [-0.3, -0.25) is 9.69 Å². The molecule has 6 heteroatoms. The van der Waals surface area contributed by atoms with Crippen molar-refractivity contribution in [1.29, 1.82) is 5.26 Å². The summed E-state index contributed by atoms with van der Waals surface area (Å²) in [5.41, 5.74) is 0.470. The van der Waals surface area contributed by atoms with E-state index in [-0.39, 0.29) is 18.3 Å². The van der Waals surface area contributed by atoms with Crippen LogP contribution in [0.1, 0.15) is 60.9 Å². The molecule has 0 bridgehead atoms. The van der Waals surface area contributed by atoms with Crippen molar-refractivity contribution in [2.75, 3.05) is 19.6 Å². The molecule has 29 heavy (non-hydrogen) atoms. The van der Waals surface area contributed by atoms with E-state index in [1.807, 2.05) is 6.07 Å². The standard InChI is InChI=1S/C23H29N3O3/c1-2-3-13-26-14-7-6-9-19(26)16-25-23(27)22-12-11-20(29-22)17-28-21-10-5-4-8-18(21)15-24/h4-5,8,10-12,19H,2-3,6-7,9,13-14,16-17H2,1H3,(H,25,27). The minimum atomic E-state index is -0.199. The van der Waals surface area contributed by atoms with E-state index in [0.717, 1.165) is 19.5 Å². The van der Waals surface area contributed by atoms with Gasteiger partial charge < -0.3 is 14.5 Å². The van der Waals surface area contributed by atoms with Gasteiger partial charge in [0, 0.05) is 12.6 Å². The molecule has 1 aliphatic heterocycles. The van der Waals surface area contributed by atoms with Crippen molar-refractivity contribution < 1.29 is 13.9 Å². The maximum absolute atomic E-state index is 12.5. The van der Waals surface area contributed by atoms with Crippen LogP contribution in [0.2, 0.25) is 0 Å². The maximum Gasteiger partial charge on any atom is 0.287 e. The summed E-state index contributed by atoms with van der Waals surface area (Å²) in [5.74, 6) is 1.13. The van der Waals surface area contributed by atoms with E-state index in [0.29, 0.717) is 29.7 Å². The van der Waals surface area contributed by atoms with Crippen LogP contribution in [-0.4, -0.2) is 36.5 Å². The summed E-state index contributed by atoms with van der Waals surface area (Å²) in [6, 6.07) is 12.9. The number of nitrogens with zero attached hydrogens (tertiary/aromatic N) is 2. The number of amides is 1. The van der Waals surface area contributed by atoms with Crippen LogP contribution in [0, 0.1) is 11.3 Å². The Morgan fingerprint density at radius 3 is 3.00 bits per heavy atom. The van der Waals surface area contributed by atoms with Crippen molar-refractivity contribution in [2.45, 2.75) is 51.7 Å². The summed E-state index contributed by atoms with van der Waals surface area (Å²) in [6.07, 6.45) is 5.96. The minimum Gasteiger partial charge on any atom is -0.484 e. The Hall–Kier alpha value is -2.78. The third-order valence-electron chi connectivity index (χ3n) is 5.31. The van der Waals surface area contributed by atoms with Crippen LogP contribution >= 0.6 is 0 Å². The molecule has 1 amide bonds. The van der Waals surface area contributed by atoms with Gasteiger partial charge in [-0.2, -0.15) is 5.26 Å². The predicted octanol–water partition coefficient (Wildman–Crippen LogP) is 4.11. The molecular weight excluding hydrogens is 366 g/mol. The largest absolute Gasteiger partial charge is 0.484 e. The number of furan rings is 1. The fourth-order valence-corrected chi connectivity index (χ4v) is 3.66. The number of ether oxygens (including phenoxy) is 1. The van der Waals surface area contributed by atoms with Gasteiger partial charge in [0.1, 0.15) is 24.2 Å². The zero-order valence-corrected chi connectivity index (χ0v) is 17.0. The lowest BCUT2D eigenvalue weighted by Crippen LogP contribution is -2.46. The molecule has 2 aromatic rings. The van der Waals surface area contributed by atoms with Crippen molar-refractivity contribution in [3.05, 3.63) is 53.5 Å². The highest BCUT2D eigenvalue weighted by Crippen LogP contribution is 2.20. The Bertz CT molecular complexity index is 840. The highest BCUT2D eigenvalue weighted by atomic mass is 16.5. The van der Waals surface area contributed by atoms with Gasteiger partial charge in [0.05, 0.1) is 5.56 Å². The highest BCUT2D eigenvalue weighted by Gasteiger charge is 2.23. The third kappa shape index (κ3) is 5.85. The van der Waals surface area contributed by atoms with Crippen LogP contribution in [0.25, 0.3) is 0 Å². The molecule has 6 nitrogen and oxygen atoms in total. The lowest BCUT2D eigenvalue weighted by atomic mass is 10.0. The number of unbranched alkanes of at least 4 members (excludes halogenated alkanes) is 1. The molecule has 1 unspecified atom stereocenters. The van der Waals surface area contributed by atoms with Crippen molar-refractivity contribution in [2.24, 2.45) is 0 Å². The molecule has 0 saturated carbocycles. The Morgan fingerprint density at radius 1 is 1.31 bits per heavy atom. The fraction of sp³-hybridized carbons (Fsp3) is 0.478. The number of para-hydroxylation sites is 1. The molecule has 3 rings (SSSR count). The molecule has 1 atom stereocenters. The Kier molecular flexibility index (Phi) is 7.71. The van der Waals surface area contributed by atoms with E-state index in [1.165, 1.54) is 25.7 Å². The fourth-order valence-electron chi connectivity index (χ4n) is 3.66. The van der Waals surface area contributed by atoms with Gasteiger partial charge in [0.25, 0.3) is 5.91 Å². The van der Waals surface area contributed by atoms with Crippen LogP contribution < -0.4 is 10.1 Å². The number of carbonyl (C=O) groups is 1. The first-order valence-corrected chi connectivity index (χ1v) is 10.4. The van der Waals surface area contributed by atoms with Crippen molar-refractivity contribution in [3.63, 3.8) is 0 Å².